The second-order valence-electron chi connectivity index (χ2n) is 7.49. The first-order valence-corrected chi connectivity index (χ1v) is 10.7. The van der Waals surface area contributed by atoms with E-state index in [0.717, 1.165) is 23.1 Å². The van der Waals surface area contributed by atoms with Crippen LogP contribution in [0.3, 0.4) is 0 Å². The third-order valence-corrected chi connectivity index (χ3v) is 4.97. The number of carbonyl (C=O) groups is 3. The Kier molecular flexibility index (Phi) is 8.12. The highest BCUT2D eigenvalue weighted by atomic mass is 19.4. The zero-order valence-corrected chi connectivity index (χ0v) is 19.7. The number of aromatic nitrogens is 1. The van der Waals surface area contributed by atoms with Gasteiger partial charge in [0, 0.05) is 37.7 Å². The fourth-order valence-corrected chi connectivity index (χ4v) is 3.15. The molecule has 0 saturated heterocycles. The molecule has 0 aliphatic carbocycles. The number of ether oxygens (including phenoxy) is 1. The van der Waals surface area contributed by atoms with Gasteiger partial charge in [0.05, 0.1) is 11.3 Å². The first-order chi connectivity index (χ1) is 17.5. The van der Waals surface area contributed by atoms with Crippen LogP contribution in [0, 0.1) is 0 Å². The van der Waals surface area contributed by atoms with Crippen LogP contribution >= 0.6 is 0 Å². The number of rotatable bonds is 7. The minimum absolute atomic E-state index is 0.127. The molecule has 0 bridgehead atoms. The van der Waals surface area contributed by atoms with Gasteiger partial charge in [-0.15, -0.1) is 0 Å². The van der Waals surface area contributed by atoms with E-state index < -0.39 is 23.7 Å². The molecule has 9 nitrogen and oxygen atoms in total. The maximum Gasteiger partial charge on any atom is 0.418 e. The van der Waals surface area contributed by atoms with Crippen LogP contribution in [-0.4, -0.2) is 36.9 Å². The molecule has 0 saturated carbocycles. The molecule has 0 radical (unpaired) electrons. The van der Waals surface area contributed by atoms with Gasteiger partial charge in [-0.3, -0.25) is 14.6 Å². The maximum atomic E-state index is 13.6. The highest BCUT2D eigenvalue weighted by Crippen LogP contribution is 2.38. The van der Waals surface area contributed by atoms with Gasteiger partial charge < -0.3 is 25.6 Å². The maximum absolute atomic E-state index is 13.6. The molecular weight excluding hydrogens is 491 g/mol. The van der Waals surface area contributed by atoms with E-state index in [1.807, 2.05) is 0 Å². The normalized spacial score (nSPS) is 10.7. The number of hydrogen-bond donors (Lipinski definition) is 3. The summed E-state index contributed by atoms with van der Waals surface area (Å²) in [6.45, 7) is 3.27. The lowest BCUT2D eigenvalue weighted by atomic mass is 10.1. The molecule has 1 heterocycles. The second kappa shape index (κ2) is 11.2. The van der Waals surface area contributed by atoms with E-state index in [1.165, 1.54) is 44.6 Å². The lowest BCUT2D eigenvalue weighted by molar-refractivity contribution is -0.137. The summed E-state index contributed by atoms with van der Waals surface area (Å²) in [7, 11) is 2.67. The zero-order valence-electron chi connectivity index (χ0n) is 19.7. The van der Waals surface area contributed by atoms with Crippen molar-refractivity contribution in [2.45, 2.75) is 6.18 Å². The minimum atomic E-state index is -4.77. The fraction of sp³-hybridized carbons (Fsp3) is 0.120. The van der Waals surface area contributed by atoms with Gasteiger partial charge in [0.25, 0.3) is 5.91 Å². The number of anilines is 3. The standard InChI is InChI=1S/C25H22F3N5O4/c1-4-22(34)33(3)21-10-7-16(13-19(21)25(26,27)28)32-24(36)31-15-5-8-17(9-6-15)37-18-11-12-30-20(14-18)23(35)29-2/h4-14H,1H2,2-3H3,(H,29,35)(H2,31,32,36). The largest absolute Gasteiger partial charge is 0.457 e. The molecular formula is C25H22F3N5O4. The Bertz CT molecular complexity index is 1330. The number of likely N-dealkylation sites (N-methyl/N-ethyl adjacent to an activating group) is 1. The average molecular weight is 513 g/mol. The van der Waals surface area contributed by atoms with Gasteiger partial charge in [0.15, 0.2) is 0 Å². The van der Waals surface area contributed by atoms with E-state index >= 15 is 0 Å². The molecule has 0 unspecified atom stereocenters. The van der Waals surface area contributed by atoms with Crippen LogP contribution in [0.5, 0.6) is 11.5 Å². The van der Waals surface area contributed by atoms with E-state index in [0.29, 0.717) is 17.2 Å². The number of amides is 4. The third kappa shape index (κ3) is 6.84. The first-order valence-electron chi connectivity index (χ1n) is 10.7. The highest BCUT2D eigenvalue weighted by molar-refractivity contribution is 6.02. The van der Waals surface area contributed by atoms with Crippen LogP contribution in [0.4, 0.5) is 35.0 Å². The summed E-state index contributed by atoms with van der Waals surface area (Å²) in [5.41, 5.74) is -1.08. The number of benzene rings is 2. The zero-order chi connectivity index (χ0) is 27.2. The number of nitrogens with one attached hydrogen (secondary N) is 3. The Morgan fingerprint density at radius 3 is 2.24 bits per heavy atom. The second-order valence-corrected chi connectivity index (χ2v) is 7.49. The van der Waals surface area contributed by atoms with Crippen LogP contribution in [0.1, 0.15) is 16.1 Å². The Morgan fingerprint density at radius 1 is 0.973 bits per heavy atom. The molecule has 3 rings (SSSR count). The predicted molar refractivity (Wildman–Crippen MR) is 132 cm³/mol. The monoisotopic (exact) mass is 513 g/mol. The summed E-state index contributed by atoms with van der Waals surface area (Å²) in [4.78, 5) is 40.6. The molecule has 1 aromatic heterocycles. The van der Waals surface area contributed by atoms with Crippen molar-refractivity contribution >= 4 is 34.9 Å². The molecule has 4 amide bonds. The molecule has 0 spiro atoms. The highest BCUT2D eigenvalue weighted by Gasteiger charge is 2.35. The van der Waals surface area contributed by atoms with Gasteiger partial charge in [-0.2, -0.15) is 13.2 Å². The summed E-state index contributed by atoms with van der Waals surface area (Å²) in [6.07, 6.45) is -2.45. The summed E-state index contributed by atoms with van der Waals surface area (Å²) < 4.78 is 46.4. The number of nitrogens with zero attached hydrogens (tertiary/aromatic N) is 2. The Balaban J connectivity index is 1.68. The van der Waals surface area contributed by atoms with Crippen molar-refractivity contribution in [3.63, 3.8) is 0 Å². The third-order valence-electron chi connectivity index (χ3n) is 4.97. The first kappa shape index (κ1) is 26.7. The number of urea groups is 1. The molecule has 0 fully saturated rings. The molecule has 0 aliphatic heterocycles. The summed E-state index contributed by atoms with van der Waals surface area (Å²) in [6, 6.07) is 11.5. The minimum Gasteiger partial charge on any atom is -0.457 e. The molecule has 3 N–H and O–H groups in total. The summed E-state index contributed by atoms with van der Waals surface area (Å²) >= 11 is 0. The Morgan fingerprint density at radius 2 is 1.62 bits per heavy atom. The van der Waals surface area contributed by atoms with Crippen molar-refractivity contribution in [3.05, 3.63) is 84.7 Å². The van der Waals surface area contributed by atoms with E-state index in [1.54, 1.807) is 18.2 Å². The molecule has 12 heteroatoms. The molecule has 0 atom stereocenters. The molecule has 2 aromatic carbocycles. The summed E-state index contributed by atoms with van der Waals surface area (Å²) in [5.74, 6) is -0.308. The van der Waals surface area contributed by atoms with Crippen molar-refractivity contribution in [2.24, 2.45) is 0 Å². The van der Waals surface area contributed by atoms with E-state index in [2.05, 4.69) is 27.5 Å². The van der Waals surface area contributed by atoms with Crippen molar-refractivity contribution in [1.82, 2.24) is 10.3 Å². The molecule has 0 aliphatic rings. The van der Waals surface area contributed by atoms with Crippen molar-refractivity contribution in [1.29, 1.82) is 0 Å². The molecule has 37 heavy (non-hydrogen) atoms. The smallest absolute Gasteiger partial charge is 0.418 e. The topological polar surface area (TPSA) is 113 Å². The van der Waals surface area contributed by atoms with Crippen LogP contribution in [-0.2, 0) is 11.0 Å². The SMILES string of the molecule is C=CC(=O)N(C)c1ccc(NC(=O)Nc2ccc(Oc3ccnc(C(=O)NC)c3)cc2)cc1C(F)(F)F. The average Bonchev–Trinajstić information content (AvgIpc) is 2.88. The van der Waals surface area contributed by atoms with E-state index in [-0.39, 0.29) is 23.0 Å². The number of hydrogen-bond acceptors (Lipinski definition) is 5. The number of halogens is 3. The van der Waals surface area contributed by atoms with Gasteiger partial charge in [-0.25, -0.2) is 4.79 Å². The van der Waals surface area contributed by atoms with E-state index in [9.17, 15) is 27.6 Å². The quantitative estimate of drug-likeness (QED) is 0.383. The Hall–Kier alpha value is -4.87. The predicted octanol–water partition coefficient (Wildman–Crippen LogP) is 5.05. The van der Waals surface area contributed by atoms with Crippen LogP contribution in [0.2, 0.25) is 0 Å². The number of alkyl halides is 3. The summed E-state index contributed by atoms with van der Waals surface area (Å²) in [5, 5.41) is 7.31. The van der Waals surface area contributed by atoms with Gasteiger partial charge in [0.2, 0.25) is 5.91 Å². The lowest BCUT2D eigenvalue weighted by Gasteiger charge is -2.21. The lowest BCUT2D eigenvalue weighted by Crippen LogP contribution is -2.27. The van der Waals surface area contributed by atoms with Gasteiger partial charge in [0.1, 0.15) is 17.2 Å². The van der Waals surface area contributed by atoms with Crippen molar-refractivity contribution in [3.8, 4) is 11.5 Å². The number of pyridine rings is 1. The van der Waals surface area contributed by atoms with Crippen molar-refractivity contribution in [2.75, 3.05) is 29.6 Å². The number of carbonyl (C=O) groups excluding carboxylic acids is 3. The Labute approximate surface area is 209 Å². The molecule has 3 aromatic rings. The fourth-order valence-electron chi connectivity index (χ4n) is 3.15. The van der Waals surface area contributed by atoms with Gasteiger partial charge >= 0.3 is 12.2 Å². The van der Waals surface area contributed by atoms with Crippen LogP contribution < -0.4 is 25.6 Å². The van der Waals surface area contributed by atoms with E-state index in [4.69, 9.17) is 4.74 Å². The van der Waals surface area contributed by atoms with Gasteiger partial charge in [-0.1, -0.05) is 6.58 Å². The van der Waals surface area contributed by atoms with Crippen molar-refractivity contribution < 1.29 is 32.3 Å². The van der Waals surface area contributed by atoms with Crippen LogP contribution in [0.25, 0.3) is 0 Å². The molecule has 192 valence electrons. The van der Waals surface area contributed by atoms with Gasteiger partial charge in [-0.05, 0) is 54.6 Å². The van der Waals surface area contributed by atoms with Crippen LogP contribution in [0.15, 0.2) is 73.4 Å².